The van der Waals surface area contributed by atoms with E-state index in [1.807, 2.05) is 0 Å². The smallest absolute Gasteiger partial charge is 0.312 e. The Labute approximate surface area is 105 Å². The van der Waals surface area contributed by atoms with Gasteiger partial charge in [-0.2, -0.15) is 0 Å². The molecule has 0 amide bonds. The predicted octanol–water partition coefficient (Wildman–Crippen LogP) is 2.86. The lowest BCUT2D eigenvalue weighted by Crippen LogP contribution is -2.17. The number of thiazole rings is 1. The maximum absolute atomic E-state index is 11.1. The molecule has 0 saturated heterocycles. The van der Waals surface area contributed by atoms with Gasteiger partial charge in [0, 0.05) is 11.4 Å². The van der Waals surface area contributed by atoms with Crippen molar-refractivity contribution in [3.8, 4) is 0 Å². The molecule has 2 rings (SSSR count). The minimum atomic E-state index is -0.739. The Hall–Kier alpha value is -1.10. The van der Waals surface area contributed by atoms with Gasteiger partial charge in [0.05, 0.1) is 5.69 Å². The van der Waals surface area contributed by atoms with E-state index < -0.39 is 11.9 Å². The van der Waals surface area contributed by atoms with E-state index in [2.05, 4.69) is 17.2 Å². The number of unbranched alkanes of at least 4 members (excludes halogenated alkanes) is 1. The number of aliphatic carboxylic acids is 1. The number of nitrogens with one attached hydrogen (secondary N) is 1. The van der Waals surface area contributed by atoms with E-state index in [4.69, 9.17) is 5.11 Å². The third-order valence-electron chi connectivity index (χ3n) is 3.06. The number of aryl methyl sites for hydroxylation is 1. The summed E-state index contributed by atoms with van der Waals surface area (Å²) in [7, 11) is 0. The van der Waals surface area contributed by atoms with Crippen molar-refractivity contribution < 1.29 is 9.90 Å². The molecular weight excluding hydrogens is 236 g/mol. The Morgan fingerprint density at radius 1 is 1.65 bits per heavy atom. The normalized spacial score (nSPS) is 18.8. The number of fused-ring (bicyclic) bond motifs is 1. The second-order valence-electron chi connectivity index (χ2n) is 4.39. The van der Waals surface area contributed by atoms with Crippen LogP contribution in [0.1, 0.15) is 49.1 Å². The molecule has 0 bridgehead atoms. The van der Waals surface area contributed by atoms with Crippen molar-refractivity contribution in [2.45, 2.75) is 44.9 Å². The van der Waals surface area contributed by atoms with Gasteiger partial charge in [0.25, 0.3) is 0 Å². The van der Waals surface area contributed by atoms with Gasteiger partial charge in [-0.3, -0.25) is 4.79 Å². The van der Waals surface area contributed by atoms with Crippen LogP contribution in [-0.2, 0) is 11.2 Å². The van der Waals surface area contributed by atoms with E-state index in [1.54, 1.807) is 11.3 Å². The van der Waals surface area contributed by atoms with Crippen molar-refractivity contribution in [1.29, 1.82) is 0 Å². The van der Waals surface area contributed by atoms with Gasteiger partial charge in [-0.1, -0.05) is 13.3 Å². The Bertz CT molecular complexity index is 403. The Morgan fingerprint density at radius 3 is 3.18 bits per heavy atom. The molecule has 0 radical (unpaired) electrons. The number of nitrogens with zero attached hydrogens (tertiary/aromatic N) is 1. The van der Waals surface area contributed by atoms with Crippen LogP contribution in [0.5, 0.6) is 0 Å². The maximum Gasteiger partial charge on any atom is 0.312 e. The fourth-order valence-electron chi connectivity index (χ4n) is 2.11. The Balaban J connectivity index is 2.10. The molecule has 1 atom stereocenters. The van der Waals surface area contributed by atoms with Gasteiger partial charge in [0.1, 0.15) is 5.92 Å². The third-order valence-corrected chi connectivity index (χ3v) is 4.15. The molecule has 1 aromatic heterocycles. The molecule has 1 aliphatic carbocycles. The highest BCUT2D eigenvalue weighted by molar-refractivity contribution is 7.15. The molecule has 1 aromatic rings. The van der Waals surface area contributed by atoms with Crippen LogP contribution >= 0.6 is 11.3 Å². The minimum absolute atomic E-state index is 0.392. The zero-order valence-corrected chi connectivity index (χ0v) is 10.8. The summed E-state index contributed by atoms with van der Waals surface area (Å²) in [4.78, 5) is 16.7. The largest absolute Gasteiger partial charge is 0.481 e. The molecule has 0 aromatic carbocycles. The summed E-state index contributed by atoms with van der Waals surface area (Å²) in [6.45, 7) is 3.07. The SMILES string of the molecule is CCCCNc1nc2c(s1)CCCC2C(=O)O. The Morgan fingerprint density at radius 2 is 2.47 bits per heavy atom. The summed E-state index contributed by atoms with van der Waals surface area (Å²) >= 11 is 1.62. The number of carboxylic acids is 1. The molecule has 1 aliphatic rings. The molecule has 1 unspecified atom stereocenters. The molecule has 0 aliphatic heterocycles. The number of carboxylic acid groups (broad SMARTS) is 1. The highest BCUT2D eigenvalue weighted by atomic mass is 32.1. The van der Waals surface area contributed by atoms with Crippen LogP contribution in [0.3, 0.4) is 0 Å². The van der Waals surface area contributed by atoms with Gasteiger partial charge in [-0.25, -0.2) is 4.98 Å². The second-order valence-corrected chi connectivity index (χ2v) is 5.47. The van der Waals surface area contributed by atoms with Crippen molar-refractivity contribution in [2.24, 2.45) is 0 Å². The average molecular weight is 254 g/mol. The van der Waals surface area contributed by atoms with E-state index in [-0.39, 0.29) is 0 Å². The van der Waals surface area contributed by atoms with Crippen molar-refractivity contribution in [3.63, 3.8) is 0 Å². The number of rotatable bonds is 5. The highest BCUT2D eigenvalue weighted by Crippen LogP contribution is 2.36. The van der Waals surface area contributed by atoms with Crippen LogP contribution < -0.4 is 5.32 Å². The average Bonchev–Trinajstić information content (AvgIpc) is 2.71. The maximum atomic E-state index is 11.1. The second kappa shape index (κ2) is 5.49. The fourth-order valence-corrected chi connectivity index (χ4v) is 3.20. The predicted molar refractivity (Wildman–Crippen MR) is 68.8 cm³/mol. The van der Waals surface area contributed by atoms with E-state index >= 15 is 0 Å². The van der Waals surface area contributed by atoms with Crippen LogP contribution in [-0.4, -0.2) is 22.6 Å². The monoisotopic (exact) mass is 254 g/mol. The quantitative estimate of drug-likeness (QED) is 0.793. The van der Waals surface area contributed by atoms with Crippen LogP contribution in [0.25, 0.3) is 0 Å². The van der Waals surface area contributed by atoms with Crippen molar-refractivity contribution in [3.05, 3.63) is 10.6 Å². The molecule has 0 saturated carbocycles. The third kappa shape index (κ3) is 2.77. The van der Waals surface area contributed by atoms with Crippen LogP contribution in [0, 0.1) is 0 Å². The number of hydrogen-bond acceptors (Lipinski definition) is 4. The van der Waals surface area contributed by atoms with Crippen LogP contribution in [0.4, 0.5) is 5.13 Å². The topological polar surface area (TPSA) is 62.2 Å². The molecule has 0 fully saturated rings. The van der Waals surface area contributed by atoms with E-state index in [9.17, 15) is 4.79 Å². The standard InChI is InChI=1S/C12H18N2O2S/c1-2-3-7-13-12-14-10-8(11(15)16)5-4-6-9(10)17-12/h8H,2-7H2,1H3,(H,13,14)(H,15,16). The zero-order valence-electron chi connectivity index (χ0n) is 10.0. The first-order chi connectivity index (χ1) is 8.22. The fraction of sp³-hybridized carbons (Fsp3) is 0.667. The number of carbonyl (C=O) groups is 1. The van der Waals surface area contributed by atoms with E-state index in [0.717, 1.165) is 54.4 Å². The molecule has 5 heteroatoms. The van der Waals surface area contributed by atoms with Crippen LogP contribution in [0.2, 0.25) is 0 Å². The lowest BCUT2D eigenvalue weighted by molar-refractivity contribution is -0.139. The van der Waals surface area contributed by atoms with E-state index in [0.29, 0.717) is 0 Å². The lowest BCUT2D eigenvalue weighted by Gasteiger charge is -2.16. The number of anilines is 1. The lowest BCUT2D eigenvalue weighted by atomic mass is 9.91. The summed E-state index contributed by atoms with van der Waals surface area (Å²) in [5, 5.41) is 13.3. The van der Waals surface area contributed by atoms with Gasteiger partial charge in [-0.15, -0.1) is 11.3 Å². The van der Waals surface area contributed by atoms with Gasteiger partial charge in [0.2, 0.25) is 0 Å². The first kappa shape index (κ1) is 12.4. The minimum Gasteiger partial charge on any atom is -0.481 e. The van der Waals surface area contributed by atoms with Gasteiger partial charge in [-0.05, 0) is 25.7 Å². The number of aromatic nitrogens is 1. The van der Waals surface area contributed by atoms with Gasteiger partial charge in [0.15, 0.2) is 5.13 Å². The van der Waals surface area contributed by atoms with Gasteiger partial charge >= 0.3 is 5.97 Å². The van der Waals surface area contributed by atoms with Crippen molar-refractivity contribution in [1.82, 2.24) is 4.98 Å². The number of hydrogen-bond donors (Lipinski definition) is 2. The summed E-state index contributed by atoms with van der Waals surface area (Å²) in [6.07, 6.45) is 4.93. The zero-order chi connectivity index (χ0) is 12.3. The molecule has 0 spiro atoms. The van der Waals surface area contributed by atoms with Crippen LogP contribution in [0.15, 0.2) is 0 Å². The molecule has 2 N–H and O–H groups in total. The molecular formula is C12H18N2O2S. The van der Waals surface area contributed by atoms with Gasteiger partial charge < -0.3 is 10.4 Å². The summed E-state index contributed by atoms with van der Waals surface area (Å²) in [5.74, 6) is -1.13. The molecule has 17 heavy (non-hydrogen) atoms. The summed E-state index contributed by atoms with van der Waals surface area (Å²) < 4.78 is 0. The first-order valence-electron chi connectivity index (χ1n) is 6.18. The molecule has 1 heterocycles. The van der Waals surface area contributed by atoms with Crippen molar-refractivity contribution in [2.75, 3.05) is 11.9 Å². The summed E-state index contributed by atoms with van der Waals surface area (Å²) in [6, 6.07) is 0. The Kier molecular flexibility index (Phi) is 3.99. The summed E-state index contributed by atoms with van der Waals surface area (Å²) in [5.41, 5.74) is 0.799. The highest BCUT2D eigenvalue weighted by Gasteiger charge is 2.29. The first-order valence-corrected chi connectivity index (χ1v) is 7.00. The molecule has 4 nitrogen and oxygen atoms in total. The van der Waals surface area contributed by atoms with E-state index in [1.165, 1.54) is 0 Å². The van der Waals surface area contributed by atoms with Crippen molar-refractivity contribution >= 4 is 22.4 Å². The molecule has 94 valence electrons.